The molecule has 5 nitrogen and oxygen atoms in total. The normalized spacial score (nSPS) is 23.4. The average molecular weight is 278 g/mol. The number of benzene rings is 1. The van der Waals surface area contributed by atoms with Crippen molar-refractivity contribution in [3.05, 3.63) is 29.8 Å². The first kappa shape index (κ1) is 14.8. The lowest BCUT2D eigenvalue weighted by atomic mass is 10.0. The molecule has 1 heterocycles. The van der Waals surface area contributed by atoms with Crippen molar-refractivity contribution in [1.29, 1.82) is 0 Å². The van der Waals surface area contributed by atoms with Gasteiger partial charge in [0.1, 0.15) is 5.75 Å². The maximum absolute atomic E-state index is 12.3. The number of amides is 1. The van der Waals surface area contributed by atoms with E-state index >= 15 is 0 Å². The van der Waals surface area contributed by atoms with E-state index in [4.69, 9.17) is 9.47 Å². The topological polar surface area (TPSA) is 50.8 Å². The van der Waals surface area contributed by atoms with Crippen LogP contribution in [0.25, 0.3) is 0 Å². The molecule has 1 fully saturated rings. The number of nitrogens with one attached hydrogen (secondary N) is 1. The van der Waals surface area contributed by atoms with E-state index in [1.807, 2.05) is 38.2 Å². The Hall–Kier alpha value is -1.59. The van der Waals surface area contributed by atoms with Gasteiger partial charge < -0.3 is 19.7 Å². The first-order valence-corrected chi connectivity index (χ1v) is 6.77. The lowest BCUT2D eigenvalue weighted by Gasteiger charge is -2.37. The third-order valence-electron chi connectivity index (χ3n) is 3.56. The van der Waals surface area contributed by atoms with E-state index in [1.165, 1.54) is 0 Å². The maximum Gasteiger partial charge on any atom is 0.253 e. The number of rotatable bonds is 4. The fourth-order valence-electron chi connectivity index (χ4n) is 2.32. The summed E-state index contributed by atoms with van der Waals surface area (Å²) in [7, 11) is 3.63. The third kappa shape index (κ3) is 3.49. The van der Waals surface area contributed by atoms with Crippen molar-refractivity contribution in [1.82, 2.24) is 10.2 Å². The van der Waals surface area contributed by atoms with Gasteiger partial charge in [-0.25, -0.2) is 0 Å². The molecule has 5 heteroatoms. The van der Waals surface area contributed by atoms with E-state index in [0.29, 0.717) is 19.7 Å². The molecule has 2 rings (SSSR count). The van der Waals surface area contributed by atoms with Gasteiger partial charge in [-0.3, -0.25) is 4.79 Å². The van der Waals surface area contributed by atoms with Crippen LogP contribution >= 0.6 is 0 Å². The summed E-state index contributed by atoms with van der Waals surface area (Å²) in [5.74, 6) is 0.740. The molecule has 1 aliphatic heterocycles. The van der Waals surface area contributed by atoms with E-state index < -0.39 is 5.60 Å². The molecular weight excluding hydrogens is 256 g/mol. The van der Waals surface area contributed by atoms with E-state index in [0.717, 1.165) is 17.9 Å². The molecule has 20 heavy (non-hydrogen) atoms. The second-order valence-electron chi connectivity index (χ2n) is 5.35. The molecule has 0 saturated carbocycles. The predicted octanol–water partition coefficient (Wildman–Crippen LogP) is 1.03. The van der Waals surface area contributed by atoms with Gasteiger partial charge in [0, 0.05) is 19.6 Å². The van der Waals surface area contributed by atoms with Crippen molar-refractivity contribution < 1.29 is 14.3 Å². The molecule has 1 saturated heterocycles. The van der Waals surface area contributed by atoms with Gasteiger partial charge in [0.15, 0.2) is 5.60 Å². The van der Waals surface area contributed by atoms with Gasteiger partial charge >= 0.3 is 0 Å². The van der Waals surface area contributed by atoms with Gasteiger partial charge in [-0.05, 0) is 31.7 Å². The molecule has 0 unspecified atom stereocenters. The number of nitrogens with zero attached hydrogens (tertiary/aromatic N) is 1. The Labute approximate surface area is 119 Å². The highest BCUT2D eigenvalue weighted by atomic mass is 16.5. The largest absolute Gasteiger partial charge is 0.497 e. The fourth-order valence-corrected chi connectivity index (χ4v) is 2.32. The number of carbonyl (C=O) groups is 1. The van der Waals surface area contributed by atoms with E-state index in [9.17, 15) is 4.79 Å². The smallest absolute Gasteiger partial charge is 0.253 e. The lowest BCUT2D eigenvalue weighted by molar-refractivity contribution is -0.155. The molecular formula is C15H22N2O3. The number of likely N-dealkylation sites (N-methyl/N-ethyl adjacent to an activating group) is 1. The van der Waals surface area contributed by atoms with Crippen molar-refractivity contribution in [3.63, 3.8) is 0 Å². The number of methoxy groups -OCH3 is 1. The lowest BCUT2D eigenvalue weighted by Crippen LogP contribution is -2.57. The quantitative estimate of drug-likeness (QED) is 0.894. The van der Waals surface area contributed by atoms with Crippen molar-refractivity contribution in [2.24, 2.45) is 0 Å². The van der Waals surface area contributed by atoms with Gasteiger partial charge in [0.05, 0.1) is 13.7 Å². The Morgan fingerprint density at radius 3 is 2.75 bits per heavy atom. The fraction of sp³-hybridized carbons (Fsp3) is 0.533. The summed E-state index contributed by atoms with van der Waals surface area (Å²) >= 11 is 0. The molecule has 0 aliphatic carbocycles. The Kier molecular flexibility index (Phi) is 4.62. The van der Waals surface area contributed by atoms with Crippen molar-refractivity contribution in [3.8, 4) is 5.75 Å². The number of carbonyl (C=O) groups excluding carboxylic acids is 1. The monoisotopic (exact) mass is 278 g/mol. The maximum atomic E-state index is 12.3. The summed E-state index contributed by atoms with van der Waals surface area (Å²) in [5.41, 5.74) is 0.270. The van der Waals surface area contributed by atoms with Crippen LogP contribution < -0.4 is 10.1 Å². The van der Waals surface area contributed by atoms with Gasteiger partial charge in [-0.1, -0.05) is 12.1 Å². The van der Waals surface area contributed by atoms with Crippen LogP contribution in [0, 0.1) is 0 Å². The molecule has 1 aromatic carbocycles. The minimum Gasteiger partial charge on any atom is -0.497 e. The summed E-state index contributed by atoms with van der Waals surface area (Å²) in [4.78, 5) is 14.4. The molecule has 0 aromatic heterocycles. The SMILES string of the molecule is COc1ccc(CNC(=O)[C@]2(C)CN(C)CCO2)cc1. The molecule has 0 spiro atoms. The Bertz CT molecular complexity index is 461. The number of hydrogen-bond acceptors (Lipinski definition) is 4. The van der Waals surface area contributed by atoms with Gasteiger partial charge in [0.25, 0.3) is 5.91 Å². The summed E-state index contributed by atoms with van der Waals surface area (Å²) in [6.45, 7) is 4.39. The van der Waals surface area contributed by atoms with Crippen molar-refractivity contribution in [2.45, 2.75) is 19.1 Å². The van der Waals surface area contributed by atoms with Crippen LogP contribution in [-0.4, -0.2) is 50.3 Å². The van der Waals surface area contributed by atoms with Crippen LogP contribution in [0.1, 0.15) is 12.5 Å². The summed E-state index contributed by atoms with van der Waals surface area (Å²) in [5, 5.41) is 2.94. The highest BCUT2D eigenvalue weighted by molar-refractivity contribution is 5.85. The highest BCUT2D eigenvalue weighted by Gasteiger charge is 2.37. The zero-order valence-corrected chi connectivity index (χ0v) is 12.3. The molecule has 1 N–H and O–H groups in total. The number of morpholine rings is 1. The summed E-state index contributed by atoms with van der Waals surface area (Å²) in [6, 6.07) is 7.65. The van der Waals surface area contributed by atoms with Crippen LogP contribution in [0.4, 0.5) is 0 Å². The first-order chi connectivity index (χ1) is 9.53. The molecule has 0 radical (unpaired) electrons. The van der Waals surface area contributed by atoms with Crippen LogP contribution in [0.2, 0.25) is 0 Å². The average Bonchev–Trinajstić information content (AvgIpc) is 2.45. The number of hydrogen-bond donors (Lipinski definition) is 1. The van der Waals surface area contributed by atoms with Gasteiger partial charge in [-0.15, -0.1) is 0 Å². The minimum absolute atomic E-state index is 0.0696. The zero-order chi connectivity index (χ0) is 14.6. The van der Waals surface area contributed by atoms with Crippen molar-refractivity contribution in [2.75, 3.05) is 33.9 Å². The van der Waals surface area contributed by atoms with Crippen LogP contribution in [0.5, 0.6) is 5.75 Å². The van der Waals surface area contributed by atoms with E-state index in [2.05, 4.69) is 10.2 Å². The highest BCUT2D eigenvalue weighted by Crippen LogP contribution is 2.17. The molecule has 1 amide bonds. The second-order valence-corrected chi connectivity index (χ2v) is 5.35. The predicted molar refractivity (Wildman–Crippen MR) is 76.7 cm³/mol. The van der Waals surface area contributed by atoms with E-state index in [-0.39, 0.29) is 5.91 Å². The Balaban J connectivity index is 1.90. The summed E-state index contributed by atoms with van der Waals surface area (Å²) in [6.07, 6.45) is 0. The molecule has 1 aromatic rings. The Morgan fingerprint density at radius 2 is 2.15 bits per heavy atom. The number of ether oxygens (including phenoxy) is 2. The summed E-state index contributed by atoms with van der Waals surface area (Å²) < 4.78 is 10.8. The minimum atomic E-state index is -0.764. The molecule has 0 bridgehead atoms. The van der Waals surface area contributed by atoms with Gasteiger partial charge in [-0.2, -0.15) is 0 Å². The molecule has 1 atom stereocenters. The second kappa shape index (κ2) is 6.24. The molecule has 110 valence electrons. The Morgan fingerprint density at radius 1 is 1.45 bits per heavy atom. The van der Waals surface area contributed by atoms with Crippen LogP contribution in [0.3, 0.4) is 0 Å². The standard InChI is InChI=1S/C15H22N2O3/c1-15(11-17(2)8-9-20-15)14(18)16-10-12-4-6-13(19-3)7-5-12/h4-7H,8-11H2,1-3H3,(H,16,18)/t15-/m0/s1. The molecule has 1 aliphatic rings. The van der Waals surface area contributed by atoms with Crippen molar-refractivity contribution >= 4 is 5.91 Å². The van der Waals surface area contributed by atoms with Crippen LogP contribution in [0.15, 0.2) is 24.3 Å². The van der Waals surface area contributed by atoms with E-state index in [1.54, 1.807) is 7.11 Å². The van der Waals surface area contributed by atoms with Gasteiger partial charge in [0.2, 0.25) is 0 Å². The zero-order valence-electron chi connectivity index (χ0n) is 12.3. The third-order valence-corrected chi connectivity index (χ3v) is 3.56. The van der Waals surface area contributed by atoms with Crippen LogP contribution in [-0.2, 0) is 16.1 Å². The first-order valence-electron chi connectivity index (χ1n) is 6.77.